The van der Waals surface area contributed by atoms with Crippen LogP contribution >= 0.6 is 0 Å². The van der Waals surface area contributed by atoms with Crippen LogP contribution in [0.1, 0.15) is 29.2 Å². The average molecular weight is 311 g/mol. The van der Waals surface area contributed by atoms with Crippen LogP contribution in [-0.2, 0) is 17.9 Å². The van der Waals surface area contributed by atoms with E-state index in [1.807, 2.05) is 56.6 Å². The number of hydrogen-bond acceptors (Lipinski definition) is 3. The molecule has 1 unspecified atom stereocenters. The Labute approximate surface area is 138 Å². The summed E-state index contributed by atoms with van der Waals surface area (Å²) in [5.41, 5.74) is 9.40. The number of nitrogens with one attached hydrogen (secondary N) is 1. The summed E-state index contributed by atoms with van der Waals surface area (Å²) in [6, 6.07) is 17.7. The van der Waals surface area contributed by atoms with E-state index in [1.54, 1.807) is 0 Å². The molecule has 0 aliphatic heterocycles. The van der Waals surface area contributed by atoms with Gasteiger partial charge in [-0.1, -0.05) is 54.6 Å². The van der Waals surface area contributed by atoms with Crippen molar-refractivity contribution in [1.29, 1.82) is 0 Å². The minimum Gasteiger partial charge on any atom is -0.352 e. The molecule has 2 aromatic rings. The first-order valence-electron chi connectivity index (χ1n) is 7.84. The minimum absolute atomic E-state index is 0.0284. The molecular formula is C19H25N3O. The largest absolute Gasteiger partial charge is 0.352 e. The van der Waals surface area contributed by atoms with E-state index in [0.717, 1.165) is 17.7 Å². The Kier molecular flexibility index (Phi) is 6.32. The topological polar surface area (TPSA) is 58.4 Å². The Hall–Kier alpha value is -2.17. The van der Waals surface area contributed by atoms with Gasteiger partial charge in [-0.3, -0.25) is 4.79 Å². The number of rotatable bonds is 7. The average Bonchev–Trinajstić information content (AvgIpc) is 2.53. The van der Waals surface area contributed by atoms with Crippen molar-refractivity contribution in [2.45, 2.75) is 25.6 Å². The lowest BCUT2D eigenvalue weighted by molar-refractivity contribution is -0.121. The van der Waals surface area contributed by atoms with Crippen LogP contribution in [0.3, 0.4) is 0 Å². The molecule has 0 aromatic heterocycles. The van der Waals surface area contributed by atoms with Crippen LogP contribution in [0.25, 0.3) is 0 Å². The predicted octanol–water partition coefficient (Wildman–Crippen LogP) is 2.45. The lowest BCUT2D eigenvalue weighted by Gasteiger charge is -2.13. The molecule has 0 radical (unpaired) electrons. The molecule has 4 nitrogen and oxygen atoms in total. The zero-order valence-electron chi connectivity index (χ0n) is 13.8. The summed E-state index contributed by atoms with van der Waals surface area (Å²) in [5.74, 6) is -0.0284. The second-order valence-corrected chi connectivity index (χ2v) is 6.06. The van der Waals surface area contributed by atoms with Gasteiger partial charge in [-0.15, -0.1) is 0 Å². The monoisotopic (exact) mass is 311 g/mol. The van der Waals surface area contributed by atoms with E-state index in [4.69, 9.17) is 5.73 Å². The number of nitrogens with zero attached hydrogens (tertiary/aromatic N) is 1. The summed E-state index contributed by atoms with van der Waals surface area (Å²) in [4.78, 5) is 14.2. The van der Waals surface area contributed by atoms with E-state index in [1.165, 1.54) is 5.56 Å². The third-order valence-corrected chi connectivity index (χ3v) is 3.61. The van der Waals surface area contributed by atoms with Gasteiger partial charge in [-0.25, -0.2) is 0 Å². The van der Waals surface area contributed by atoms with Crippen molar-refractivity contribution in [3.05, 3.63) is 71.3 Å². The highest BCUT2D eigenvalue weighted by Gasteiger charge is 2.11. The van der Waals surface area contributed by atoms with E-state index in [2.05, 4.69) is 22.3 Å². The molecule has 0 aliphatic rings. The Morgan fingerprint density at radius 3 is 2.48 bits per heavy atom. The molecule has 3 N–H and O–H groups in total. The van der Waals surface area contributed by atoms with Gasteiger partial charge >= 0.3 is 0 Å². The maximum Gasteiger partial charge on any atom is 0.222 e. The second kappa shape index (κ2) is 8.46. The summed E-state index contributed by atoms with van der Waals surface area (Å²) in [6.45, 7) is 1.42. The van der Waals surface area contributed by atoms with Gasteiger partial charge in [0, 0.05) is 25.6 Å². The Balaban J connectivity index is 1.84. The number of carbonyl (C=O) groups is 1. The molecule has 1 atom stereocenters. The highest BCUT2D eigenvalue weighted by molar-refractivity contribution is 5.76. The van der Waals surface area contributed by atoms with Crippen molar-refractivity contribution >= 4 is 5.91 Å². The molecule has 4 heteroatoms. The molecule has 0 aliphatic carbocycles. The summed E-state index contributed by atoms with van der Waals surface area (Å²) in [6.07, 6.45) is 0.293. The molecule has 0 fully saturated rings. The highest BCUT2D eigenvalue weighted by atomic mass is 16.1. The third kappa shape index (κ3) is 5.85. The first-order valence-corrected chi connectivity index (χ1v) is 7.84. The van der Waals surface area contributed by atoms with Crippen molar-refractivity contribution in [3.8, 4) is 0 Å². The molecule has 122 valence electrons. The lowest BCUT2D eigenvalue weighted by Crippen LogP contribution is -2.27. The van der Waals surface area contributed by atoms with E-state index in [0.29, 0.717) is 13.0 Å². The van der Waals surface area contributed by atoms with Crippen LogP contribution in [-0.4, -0.2) is 24.9 Å². The summed E-state index contributed by atoms with van der Waals surface area (Å²) in [7, 11) is 4.08. The van der Waals surface area contributed by atoms with Crippen LogP contribution in [0, 0.1) is 0 Å². The first kappa shape index (κ1) is 17.2. The van der Waals surface area contributed by atoms with Crippen LogP contribution < -0.4 is 11.1 Å². The standard InChI is InChI=1S/C19H25N3O/c1-22(2)14-16-8-6-7-15(11-16)13-21-19(23)12-18(20)17-9-4-3-5-10-17/h3-11,18H,12-14,20H2,1-2H3,(H,21,23). The fraction of sp³-hybridized carbons (Fsp3) is 0.316. The molecular weight excluding hydrogens is 286 g/mol. The molecule has 0 spiro atoms. The summed E-state index contributed by atoms with van der Waals surface area (Å²) >= 11 is 0. The molecule has 0 heterocycles. The molecule has 0 saturated carbocycles. The maximum absolute atomic E-state index is 12.1. The van der Waals surface area contributed by atoms with Crippen molar-refractivity contribution in [2.24, 2.45) is 5.73 Å². The van der Waals surface area contributed by atoms with Gasteiger partial charge in [-0.05, 0) is 30.8 Å². The number of hydrogen-bond donors (Lipinski definition) is 2. The second-order valence-electron chi connectivity index (χ2n) is 6.06. The van der Waals surface area contributed by atoms with Gasteiger partial charge in [0.05, 0.1) is 0 Å². The highest BCUT2D eigenvalue weighted by Crippen LogP contribution is 2.13. The lowest BCUT2D eigenvalue weighted by atomic mass is 10.0. The van der Waals surface area contributed by atoms with E-state index >= 15 is 0 Å². The number of benzene rings is 2. The predicted molar refractivity (Wildman–Crippen MR) is 93.7 cm³/mol. The minimum atomic E-state index is -0.267. The SMILES string of the molecule is CN(C)Cc1cccc(CNC(=O)CC(N)c2ccccc2)c1. The summed E-state index contributed by atoms with van der Waals surface area (Å²) < 4.78 is 0. The van der Waals surface area contributed by atoms with Gasteiger partial charge in [0.15, 0.2) is 0 Å². The van der Waals surface area contributed by atoms with Crippen LogP contribution in [0.4, 0.5) is 0 Å². The van der Waals surface area contributed by atoms with E-state index in [9.17, 15) is 4.79 Å². The third-order valence-electron chi connectivity index (χ3n) is 3.61. The smallest absolute Gasteiger partial charge is 0.222 e. The fourth-order valence-electron chi connectivity index (χ4n) is 2.49. The number of carbonyl (C=O) groups excluding carboxylic acids is 1. The van der Waals surface area contributed by atoms with Gasteiger partial charge in [0.1, 0.15) is 0 Å². The van der Waals surface area contributed by atoms with Gasteiger partial charge in [-0.2, -0.15) is 0 Å². The maximum atomic E-state index is 12.1. The van der Waals surface area contributed by atoms with Crippen LogP contribution in [0.5, 0.6) is 0 Å². The molecule has 0 bridgehead atoms. The zero-order valence-corrected chi connectivity index (χ0v) is 13.8. The molecule has 23 heavy (non-hydrogen) atoms. The number of amides is 1. The quantitative estimate of drug-likeness (QED) is 0.826. The van der Waals surface area contributed by atoms with Gasteiger partial charge in [0.25, 0.3) is 0 Å². The van der Waals surface area contributed by atoms with Gasteiger partial charge in [0.2, 0.25) is 5.91 Å². The summed E-state index contributed by atoms with van der Waals surface area (Å²) in [5, 5.41) is 2.95. The fourth-order valence-corrected chi connectivity index (χ4v) is 2.49. The van der Waals surface area contributed by atoms with Crippen LogP contribution in [0.15, 0.2) is 54.6 Å². The Bertz CT molecular complexity index is 626. The van der Waals surface area contributed by atoms with Crippen molar-refractivity contribution < 1.29 is 4.79 Å². The molecule has 2 aromatic carbocycles. The van der Waals surface area contributed by atoms with Gasteiger partial charge < -0.3 is 16.0 Å². The van der Waals surface area contributed by atoms with Crippen LogP contribution in [0.2, 0.25) is 0 Å². The molecule has 2 rings (SSSR count). The van der Waals surface area contributed by atoms with E-state index < -0.39 is 0 Å². The van der Waals surface area contributed by atoms with E-state index in [-0.39, 0.29) is 11.9 Å². The number of nitrogens with two attached hydrogens (primary N) is 1. The van der Waals surface area contributed by atoms with Crippen molar-refractivity contribution in [1.82, 2.24) is 10.2 Å². The normalized spacial score (nSPS) is 12.2. The Morgan fingerprint density at radius 1 is 1.09 bits per heavy atom. The van der Waals surface area contributed by atoms with Crippen molar-refractivity contribution in [2.75, 3.05) is 14.1 Å². The molecule has 1 amide bonds. The Morgan fingerprint density at radius 2 is 1.78 bits per heavy atom. The molecule has 0 saturated heterocycles. The first-order chi connectivity index (χ1) is 11.0. The van der Waals surface area contributed by atoms with Crippen molar-refractivity contribution in [3.63, 3.8) is 0 Å². The zero-order chi connectivity index (χ0) is 16.7.